The van der Waals surface area contributed by atoms with Crippen molar-refractivity contribution in [3.05, 3.63) is 47.0 Å². The lowest BCUT2D eigenvalue weighted by Crippen LogP contribution is -2.48. The number of benzene rings is 1. The second-order valence-electron chi connectivity index (χ2n) is 5.56. The molecule has 1 aromatic carbocycles. The van der Waals surface area contributed by atoms with Crippen molar-refractivity contribution < 1.29 is 19.1 Å². The molecule has 2 aliphatic carbocycles. The van der Waals surface area contributed by atoms with E-state index in [1.54, 1.807) is 0 Å². The highest BCUT2D eigenvalue weighted by Gasteiger charge is 2.50. The average molecular weight is 286 g/mol. The van der Waals surface area contributed by atoms with E-state index in [1.807, 2.05) is 30.3 Å². The standard InChI is InChI=1S/C17H18O4/c1-20-17(21-2)10-15(18)13-8-12(9-14(13)16(17)19)11-6-4-3-5-7-11/h3-7,12H,8-10H2,1-2H3. The van der Waals surface area contributed by atoms with Crippen LogP contribution in [0.25, 0.3) is 0 Å². The second kappa shape index (κ2) is 5.20. The highest BCUT2D eigenvalue weighted by atomic mass is 16.7. The summed E-state index contributed by atoms with van der Waals surface area (Å²) in [5.74, 6) is -1.47. The summed E-state index contributed by atoms with van der Waals surface area (Å²) < 4.78 is 10.5. The molecular weight excluding hydrogens is 268 g/mol. The van der Waals surface area contributed by atoms with Crippen LogP contribution in [0.15, 0.2) is 41.5 Å². The van der Waals surface area contributed by atoms with Crippen LogP contribution in [0, 0.1) is 0 Å². The van der Waals surface area contributed by atoms with Gasteiger partial charge in [0.05, 0.1) is 6.42 Å². The van der Waals surface area contributed by atoms with E-state index in [-0.39, 0.29) is 23.9 Å². The first-order chi connectivity index (χ1) is 10.1. The Hall–Kier alpha value is -1.78. The minimum atomic E-state index is -1.43. The van der Waals surface area contributed by atoms with Gasteiger partial charge in [-0.3, -0.25) is 9.59 Å². The highest BCUT2D eigenvalue weighted by molar-refractivity contribution is 6.16. The molecule has 3 rings (SSSR count). The van der Waals surface area contributed by atoms with Gasteiger partial charge < -0.3 is 9.47 Å². The molecule has 4 heteroatoms. The Morgan fingerprint density at radius 3 is 2.24 bits per heavy atom. The number of hydrogen-bond acceptors (Lipinski definition) is 4. The summed E-state index contributed by atoms with van der Waals surface area (Å²) in [5.41, 5.74) is 2.41. The summed E-state index contributed by atoms with van der Waals surface area (Å²) in [5, 5.41) is 0. The molecule has 0 bridgehead atoms. The van der Waals surface area contributed by atoms with Gasteiger partial charge in [0.25, 0.3) is 0 Å². The summed E-state index contributed by atoms with van der Waals surface area (Å²) >= 11 is 0. The Morgan fingerprint density at radius 2 is 1.62 bits per heavy atom. The lowest BCUT2D eigenvalue weighted by molar-refractivity contribution is -0.207. The van der Waals surface area contributed by atoms with Crippen molar-refractivity contribution in [2.24, 2.45) is 0 Å². The SMILES string of the molecule is COC1(OC)CC(=O)C2=C(CC(c3ccccc3)C2)C1=O. The van der Waals surface area contributed by atoms with E-state index < -0.39 is 5.79 Å². The molecule has 0 aliphatic heterocycles. The molecule has 0 aromatic heterocycles. The van der Waals surface area contributed by atoms with E-state index in [9.17, 15) is 9.59 Å². The molecule has 21 heavy (non-hydrogen) atoms. The van der Waals surface area contributed by atoms with E-state index >= 15 is 0 Å². The molecule has 1 atom stereocenters. The van der Waals surface area contributed by atoms with Crippen molar-refractivity contribution in [3.8, 4) is 0 Å². The maximum atomic E-state index is 12.7. The van der Waals surface area contributed by atoms with Crippen LogP contribution < -0.4 is 0 Å². The lowest BCUT2D eigenvalue weighted by Gasteiger charge is -2.32. The van der Waals surface area contributed by atoms with E-state index in [0.29, 0.717) is 24.0 Å². The molecule has 0 saturated carbocycles. The van der Waals surface area contributed by atoms with Crippen LogP contribution in [0.2, 0.25) is 0 Å². The van der Waals surface area contributed by atoms with E-state index in [1.165, 1.54) is 14.2 Å². The van der Waals surface area contributed by atoms with Gasteiger partial charge in [-0.25, -0.2) is 0 Å². The summed E-state index contributed by atoms with van der Waals surface area (Å²) in [6.45, 7) is 0. The molecule has 0 heterocycles. The van der Waals surface area contributed by atoms with Crippen LogP contribution >= 0.6 is 0 Å². The molecular formula is C17H18O4. The predicted molar refractivity (Wildman–Crippen MR) is 76.8 cm³/mol. The van der Waals surface area contributed by atoms with Crippen molar-refractivity contribution in [3.63, 3.8) is 0 Å². The Bertz CT molecular complexity index is 611. The molecule has 0 N–H and O–H groups in total. The van der Waals surface area contributed by atoms with Gasteiger partial charge in [0, 0.05) is 25.4 Å². The molecule has 0 saturated heterocycles. The zero-order valence-corrected chi connectivity index (χ0v) is 12.2. The van der Waals surface area contributed by atoms with Gasteiger partial charge in [-0.15, -0.1) is 0 Å². The zero-order chi connectivity index (χ0) is 15.0. The number of carbonyl (C=O) groups is 2. The first kappa shape index (κ1) is 14.2. The van der Waals surface area contributed by atoms with Gasteiger partial charge >= 0.3 is 0 Å². The fourth-order valence-electron chi connectivity index (χ4n) is 3.33. The van der Waals surface area contributed by atoms with Crippen LogP contribution in [0.4, 0.5) is 0 Å². The van der Waals surface area contributed by atoms with Gasteiger partial charge in [-0.2, -0.15) is 0 Å². The van der Waals surface area contributed by atoms with Gasteiger partial charge in [0.2, 0.25) is 11.6 Å². The van der Waals surface area contributed by atoms with Gasteiger partial charge in [-0.05, 0) is 24.3 Å². The van der Waals surface area contributed by atoms with Crippen molar-refractivity contribution in [1.29, 1.82) is 0 Å². The zero-order valence-electron chi connectivity index (χ0n) is 12.2. The summed E-state index contributed by atoms with van der Waals surface area (Å²) in [6.07, 6.45) is 1.19. The van der Waals surface area contributed by atoms with E-state index in [4.69, 9.17) is 9.47 Å². The largest absolute Gasteiger partial charge is 0.346 e. The third kappa shape index (κ3) is 2.15. The molecule has 0 fully saturated rings. The normalized spacial score (nSPS) is 24.4. The molecule has 0 spiro atoms. The molecule has 2 aliphatic rings. The Balaban J connectivity index is 1.92. The summed E-state index contributed by atoms with van der Waals surface area (Å²) in [4.78, 5) is 25.0. The first-order valence-corrected chi connectivity index (χ1v) is 7.06. The highest BCUT2D eigenvalue weighted by Crippen LogP contribution is 2.45. The molecule has 4 nitrogen and oxygen atoms in total. The van der Waals surface area contributed by atoms with Crippen LogP contribution in [0.5, 0.6) is 0 Å². The third-order valence-corrected chi connectivity index (χ3v) is 4.55. The van der Waals surface area contributed by atoms with Crippen molar-refractivity contribution >= 4 is 11.6 Å². The minimum Gasteiger partial charge on any atom is -0.346 e. The number of ether oxygens (including phenoxy) is 2. The Kier molecular flexibility index (Phi) is 3.51. The molecule has 0 amide bonds. The lowest BCUT2D eigenvalue weighted by atomic mass is 9.86. The summed E-state index contributed by atoms with van der Waals surface area (Å²) in [7, 11) is 2.81. The number of allylic oxidation sites excluding steroid dienone is 1. The van der Waals surface area contributed by atoms with Crippen LogP contribution in [0.1, 0.15) is 30.7 Å². The smallest absolute Gasteiger partial charge is 0.240 e. The van der Waals surface area contributed by atoms with E-state index in [0.717, 1.165) is 5.56 Å². The number of ketones is 2. The topological polar surface area (TPSA) is 52.6 Å². The van der Waals surface area contributed by atoms with Crippen molar-refractivity contribution in [2.75, 3.05) is 14.2 Å². The van der Waals surface area contributed by atoms with Crippen LogP contribution in [-0.2, 0) is 19.1 Å². The number of Topliss-reactive ketones (excluding diaryl/α,β-unsaturated/α-hetero) is 2. The van der Waals surface area contributed by atoms with Crippen molar-refractivity contribution in [2.45, 2.75) is 31.0 Å². The predicted octanol–water partition coefficient (Wildman–Crippen LogP) is 2.39. The second-order valence-corrected chi connectivity index (χ2v) is 5.56. The Morgan fingerprint density at radius 1 is 1.00 bits per heavy atom. The van der Waals surface area contributed by atoms with Gasteiger partial charge in [0.1, 0.15) is 0 Å². The van der Waals surface area contributed by atoms with Crippen LogP contribution in [0.3, 0.4) is 0 Å². The quantitative estimate of drug-likeness (QED) is 0.801. The molecule has 1 aromatic rings. The minimum absolute atomic E-state index is 0.0286. The van der Waals surface area contributed by atoms with Gasteiger partial charge in [-0.1, -0.05) is 30.3 Å². The number of carbonyl (C=O) groups excluding carboxylic acids is 2. The number of rotatable bonds is 3. The fraction of sp³-hybridized carbons (Fsp3) is 0.412. The maximum Gasteiger partial charge on any atom is 0.240 e. The fourth-order valence-corrected chi connectivity index (χ4v) is 3.33. The molecule has 110 valence electrons. The average Bonchev–Trinajstić information content (AvgIpc) is 2.98. The van der Waals surface area contributed by atoms with Crippen molar-refractivity contribution in [1.82, 2.24) is 0 Å². The molecule has 1 unspecified atom stereocenters. The summed E-state index contributed by atoms with van der Waals surface area (Å²) in [6, 6.07) is 9.99. The molecule has 0 radical (unpaired) electrons. The number of hydrogen-bond donors (Lipinski definition) is 0. The monoisotopic (exact) mass is 286 g/mol. The third-order valence-electron chi connectivity index (χ3n) is 4.55. The Labute approximate surface area is 123 Å². The van der Waals surface area contributed by atoms with E-state index in [2.05, 4.69) is 0 Å². The maximum absolute atomic E-state index is 12.7. The first-order valence-electron chi connectivity index (χ1n) is 7.06. The van der Waals surface area contributed by atoms with Gasteiger partial charge in [0.15, 0.2) is 5.78 Å². The van der Waals surface area contributed by atoms with Crippen LogP contribution in [-0.4, -0.2) is 31.6 Å². The number of methoxy groups -OCH3 is 2.